The highest BCUT2D eigenvalue weighted by atomic mass is 16.3. The lowest BCUT2D eigenvalue weighted by Gasteiger charge is -1.98. The van der Waals surface area contributed by atoms with E-state index in [9.17, 15) is 0 Å². The number of nitrogens with one attached hydrogen (secondary N) is 1. The monoisotopic (exact) mass is 127 g/mol. The van der Waals surface area contributed by atoms with Crippen LogP contribution in [-0.2, 0) is 0 Å². The number of aliphatic hydroxyl groups is 1. The molecule has 0 aromatic carbocycles. The topological polar surface area (TPSA) is 32.3 Å². The molecule has 0 radical (unpaired) electrons. The van der Waals surface area contributed by atoms with Crippen LogP contribution in [0.3, 0.4) is 0 Å². The molecule has 1 atom stereocenters. The molecule has 0 fully saturated rings. The maximum absolute atomic E-state index is 8.94. The maximum atomic E-state index is 8.94. The molecule has 9 heavy (non-hydrogen) atoms. The molecular formula is C7H13NO. The van der Waals surface area contributed by atoms with E-state index in [-0.39, 0.29) is 0 Å². The zero-order valence-electron chi connectivity index (χ0n) is 5.94. The van der Waals surface area contributed by atoms with Crippen molar-refractivity contribution in [3.05, 3.63) is 0 Å². The summed E-state index contributed by atoms with van der Waals surface area (Å²) in [5, 5.41) is 11.8. The van der Waals surface area contributed by atoms with Crippen molar-refractivity contribution in [3.63, 3.8) is 0 Å². The first-order valence-corrected chi connectivity index (χ1v) is 3.12. The van der Waals surface area contributed by atoms with Gasteiger partial charge in [-0.05, 0) is 7.05 Å². The van der Waals surface area contributed by atoms with Crippen LogP contribution in [0.5, 0.6) is 0 Å². The normalized spacial score (nSPS) is 11.9. The average molecular weight is 127 g/mol. The summed E-state index contributed by atoms with van der Waals surface area (Å²) < 4.78 is 0. The summed E-state index contributed by atoms with van der Waals surface area (Å²) in [6.45, 7) is 2.51. The van der Waals surface area contributed by atoms with Crippen molar-refractivity contribution in [2.75, 3.05) is 13.6 Å². The lowest BCUT2D eigenvalue weighted by molar-refractivity contribution is 0.231. The van der Waals surface area contributed by atoms with Gasteiger partial charge in [0.15, 0.2) is 0 Å². The lowest BCUT2D eigenvalue weighted by atomic mass is 10.3. The molecule has 0 spiro atoms. The van der Waals surface area contributed by atoms with E-state index in [0.717, 1.165) is 6.42 Å². The Morgan fingerprint density at radius 3 is 2.78 bits per heavy atom. The molecule has 0 bridgehead atoms. The van der Waals surface area contributed by atoms with Crippen LogP contribution in [0.2, 0.25) is 0 Å². The molecule has 0 saturated heterocycles. The Bertz CT molecular complexity index is 112. The quantitative estimate of drug-likeness (QED) is 0.511. The van der Waals surface area contributed by atoms with E-state index in [1.54, 1.807) is 7.05 Å². The van der Waals surface area contributed by atoms with Crippen molar-refractivity contribution < 1.29 is 5.11 Å². The van der Waals surface area contributed by atoms with Gasteiger partial charge in [0.05, 0.1) is 0 Å². The predicted octanol–water partition coefficient (Wildman–Crippen LogP) is -0.0199. The largest absolute Gasteiger partial charge is 0.379 e. The van der Waals surface area contributed by atoms with Crippen LogP contribution in [0, 0.1) is 11.8 Å². The molecule has 0 aliphatic rings. The Labute approximate surface area is 56.3 Å². The molecule has 0 aromatic heterocycles. The highest BCUT2D eigenvalue weighted by molar-refractivity contribution is 5.04. The molecule has 0 aliphatic carbocycles. The molecule has 0 aliphatic heterocycles. The molecule has 2 heteroatoms. The zero-order chi connectivity index (χ0) is 7.11. The summed E-state index contributed by atoms with van der Waals surface area (Å²) in [4.78, 5) is 0. The number of likely N-dealkylation sites (N-methyl/N-ethyl adjacent to an activating group) is 1. The summed E-state index contributed by atoms with van der Waals surface area (Å²) in [5.41, 5.74) is 0. The van der Waals surface area contributed by atoms with Crippen LogP contribution in [0.4, 0.5) is 0 Å². The van der Waals surface area contributed by atoms with E-state index in [0.29, 0.717) is 6.54 Å². The number of aliphatic hydroxyl groups excluding tert-OH is 1. The van der Waals surface area contributed by atoms with Crippen LogP contribution in [0.15, 0.2) is 0 Å². The lowest BCUT2D eigenvalue weighted by Crippen LogP contribution is -2.21. The van der Waals surface area contributed by atoms with Crippen molar-refractivity contribution >= 4 is 0 Å². The maximum Gasteiger partial charge on any atom is 0.127 e. The van der Waals surface area contributed by atoms with Gasteiger partial charge in [-0.2, -0.15) is 0 Å². The van der Waals surface area contributed by atoms with Crippen LogP contribution in [0.25, 0.3) is 0 Å². The molecule has 0 saturated carbocycles. The van der Waals surface area contributed by atoms with Gasteiger partial charge in [-0.1, -0.05) is 12.8 Å². The average Bonchev–Trinajstić information content (AvgIpc) is 1.85. The van der Waals surface area contributed by atoms with Crippen molar-refractivity contribution in [2.24, 2.45) is 0 Å². The van der Waals surface area contributed by atoms with Gasteiger partial charge in [0.1, 0.15) is 6.10 Å². The van der Waals surface area contributed by atoms with Gasteiger partial charge in [0.25, 0.3) is 0 Å². The standard InChI is InChI=1S/C7H13NO/c1-3-4-5-7(9)6-8-2/h7-9H,3,6H2,1-2H3. The Morgan fingerprint density at radius 1 is 1.67 bits per heavy atom. The highest BCUT2D eigenvalue weighted by Crippen LogP contribution is 1.76. The van der Waals surface area contributed by atoms with Crippen molar-refractivity contribution in [3.8, 4) is 11.8 Å². The molecule has 1 unspecified atom stereocenters. The van der Waals surface area contributed by atoms with Gasteiger partial charge in [0, 0.05) is 13.0 Å². The molecule has 52 valence electrons. The second kappa shape index (κ2) is 5.61. The van der Waals surface area contributed by atoms with E-state index in [1.165, 1.54) is 0 Å². The molecule has 2 N–H and O–H groups in total. The van der Waals surface area contributed by atoms with Gasteiger partial charge in [-0.15, -0.1) is 5.92 Å². The molecule has 0 amide bonds. The van der Waals surface area contributed by atoms with Crippen LogP contribution in [0.1, 0.15) is 13.3 Å². The second-order valence-corrected chi connectivity index (χ2v) is 1.75. The number of rotatable bonds is 2. The van der Waals surface area contributed by atoms with E-state index in [1.807, 2.05) is 6.92 Å². The smallest absolute Gasteiger partial charge is 0.127 e. The third-order valence-corrected chi connectivity index (χ3v) is 0.843. The minimum atomic E-state index is -0.505. The number of hydrogen-bond donors (Lipinski definition) is 2. The summed E-state index contributed by atoms with van der Waals surface area (Å²) >= 11 is 0. The fourth-order valence-electron chi connectivity index (χ4n) is 0.464. The summed E-state index contributed by atoms with van der Waals surface area (Å²) in [6, 6.07) is 0. The predicted molar refractivity (Wildman–Crippen MR) is 38.0 cm³/mol. The van der Waals surface area contributed by atoms with E-state index < -0.39 is 6.10 Å². The molecule has 2 nitrogen and oxygen atoms in total. The Balaban J connectivity index is 3.36. The Hall–Kier alpha value is -0.520. The van der Waals surface area contributed by atoms with Gasteiger partial charge in [-0.3, -0.25) is 0 Å². The van der Waals surface area contributed by atoms with Gasteiger partial charge in [-0.25, -0.2) is 0 Å². The van der Waals surface area contributed by atoms with Crippen LogP contribution >= 0.6 is 0 Å². The Kier molecular flexibility index (Phi) is 5.29. The summed E-state index contributed by atoms with van der Waals surface area (Å²) in [6.07, 6.45) is 0.302. The third-order valence-electron chi connectivity index (χ3n) is 0.843. The Morgan fingerprint density at radius 2 is 2.33 bits per heavy atom. The number of hydrogen-bond acceptors (Lipinski definition) is 2. The minimum absolute atomic E-state index is 0.505. The van der Waals surface area contributed by atoms with Gasteiger partial charge >= 0.3 is 0 Å². The fraction of sp³-hybridized carbons (Fsp3) is 0.714. The molecule has 0 rings (SSSR count). The SMILES string of the molecule is CCC#CC(O)CNC. The first kappa shape index (κ1) is 8.48. The minimum Gasteiger partial charge on any atom is -0.379 e. The first-order valence-electron chi connectivity index (χ1n) is 3.12. The second-order valence-electron chi connectivity index (χ2n) is 1.75. The highest BCUT2D eigenvalue weighted by Gasteiger charge is 1.92. The van der Waals surface area contributed by atoms with E-state index in [2.05, 4.69) is 17.2 Å². The van der Waals surface area contributed by atoms with Crippen molar-refractivity contribution in [1.82, 2.24) is 5.32 Å². The van der Waals surface area contributed by atoms with Gasteiger partial charge in [0.2, 0.25) is 0 Å². The summed E-state index contributed by atoms with van der Waals surface area (Å²) in [5.74, 6) is 5.47. The first-order chi connectivity index (χ1) is 4.31. The third kappa shape index (κ3) is 5.35. The fourth-order valence-corrected chi connectivity index (χ4v) is 0.464. The van der Waals surface area contributed by atoms with Crippen molar-refractivity contribution in [1.29, 1.82) is 0 Å². The van der Waals surface area contributed by atoms with E-state index >= 15 is 0 Å². The van der Waals surface area contributed by atoms with Gasteiger partial charge < -0.3 is 10.4 Å². The van der Waals surface area contributed by atoms with Crippen LogP contribution in [-0.4, -0.2) is 24.8 Å². The van der Waals surface area contributed by atoms with Crippen LogP contribution < -0.4 is 5.32 Å². The van der Waals surface area contributed by atoms with Crippen molar-refractivity contribution in [2.45, 2.75) is 19.4 Å². The molecule has 0 heterocycles. The molecular weight excluding hydrogens is 114 g/mol. The zero-order valence-corrected chi connectivity index (χ0v) is 5.94. The molecule has 0 aromatic rings. The summed E-state index contributed by atoms with van der Waals surface area (Å²) in [7, 11) is 1.79. The van der Waals surface area contributed by atoms with E-state index in [4.69, 9.17) is 5.11 Å².